The normalized spacial score (nSPS) is 11.3. The van der Waals surface area contributed by atoms with Crippen LogP contribution in [0.3, 0.4) is 0 Å². The van der Waals surface area contributed by atoms with E-state index in [4.69, 9.17) is 4.74 Å². The molecule has 184 valence electrons. The van der Waals surface area contributed by atoms with Gasteiger partial charge in [-0.3, -0.25) is 14.9 Å². The van der Waals surface area contributed by atoms with Crippen LogP contribution in [0.4, 0.5) is 5.69 Å². The summed E-state index contributed by atoms with van der Waals surface area (Å²) in [6.45, 7) is 2.32. The Morgan fingerprint density at radius 1 is 1.14 bits per heavy atom. The predicted octanol–water partition coefficient (Wildman–Crippen LogP) is 6.69. The van der Waals surface area contributed by atoms with Gasteiger partial charge in [0.15, 0.2) is 0 Å². The number of aryl methyl sites for hydroxylation is 1. The van der Waals surface area contributed by atoms with Crippen molar-refractivity contribution in [2.24, 2.45) is 5.10 Å². The summed E-state index contributed by atoms with van der Waals surface area (Å²) >= 11 is 7.82. The van der Waals surface area contributed by atoms with Crippen LogP contribution in [0.2, 0.25) is 0 Å². The number of fused-ring (bicyclic) bond motifs is 1. The van der Waals surface area contributed by atoms with Gasteiger partial charge >= 0.3 is 0 Å². The molecule has 11 heteroatoms. The highest BCUT2D eigenvalue weighted by Crippen LogP contribution is 2.29. The van der Waals surface area contributed by atoms with Gasteiger partial charge in [-0.05, 0) is 105 Å². The zero-order chi connectivity index (χ0) is 25.8. The molecule has 0 aliphatic carbocycles. The minimum Gasteiger partial charge on any atom is -0.487 e. The highest BCUT2D eigenvalue weighted by atomic mass is 127. The Labute approximate surface area is 242 Å². The van der Waals surface area contributed by atoms with E-state index in [1.165, 1.54) is 16.8 Å². The van der Waals surface area contributed by atoms with Gasteiger partial charge in [0.1, 0.15) is 18.2 Å². The van der Waals surface area contributed by atoms with Crippen LogP contribution in [0.1, 0.15) is 30.3 Å². The lowest BCUT2D eigenvalue weighted by Gasteiger charge is -2.12. The van der Waals surface area contributed by atoms with Gasteiger partial charge in [-0.25, -0.2) is 4.98 Å². The zero-order valence-electron chi connectivity index (χ0n) is 19.0. The number of aromatic nitrogens is 2. The maximum atomic E-state index is 13.2. The summed E-state index contributed by atoms with van der Waals surface area (Å²) in [7, 11) is 0. The number of ether oxygens (including phenoxy) is 1. The number of hydrogen-bond donors (Lipinski definition) is 0. The van der Waals surface area contributed by atoms with Crippen LogP contribution in [0.5, 0.6) is 5.75 Å². The predicted molar refractivity (Wildman–Crippen MR) is 160 cm³/mol. The largest absolute Gasteiger partial charge is 0.487 e. The fraction of sp³-hybridized carbons (Fsp3) is 0.160. The molecule has 0 aliphatic rings. The molecule has 36 heavy (non-hydrogen) atoms. The van der Waals surface area contributed by atoms with Crippen molar-refractivity contribution in [3.05, 3.63) is 104 Å². The van der Waals surface area contributed by atoms with Crippen LogP contribution in [0.25, 0.3) is 10.9 Å². The molecule has 3 aromatic carbocycles. The maximum absolute atomic E-state index is 13.2. The molecule has 0 saturated heterocycles. The minimum absolute atomic E-state index is 0.0435. The monoisotopic (exact) mass is 772 g/mol. The fourth-order valence-corrected chi connectivity index (χ4v) is 5.97. The van der Waals surface area contributed by atoms with E-state index in [1.54, 1.807) is 24.4 Å². The van der Waals surface area contributed by atoms with Crippen molar-refractivity contribution in [1.29, 1.82) is 0 Å². The van der Waals surface area contributed by atoms with E-state index < -0.39 is 4.92 Å². The number of nitro benzene ring substituents is 1. The summed E-state index contributed by atoms with van der Waals surface area (Å²) in [6.07, 6.45) is 3.11. The lowest BCUT2D eigenvalue weighted by molar-refractivity contribution is -0.384. The molecule has 8 nitrogen and oxygen atoms in total. The third kappa shape index (κ3) is 6.11. The summed E-state index contributed by atoms with van der Waals surface area (Å²) in [5.74, 6) is 1.33. The van der Waals surface area contributed by atoms with Crippen molar-refractivity contribution in [2.45, 2.75) is 26.4 Å². The van der Waals surface area contributed by atoms with Gasteiger partial charge in [0, 0.05) is 23.0 Å². The van der Waals surface area contributed by atoms with E-state index in [1.807, 2.05) is 31.2 Å². The van der Waals surface area contributed by atoms with Gasteiger partial charge in [0.2, 0.25) is 0 Å². The van der Waals surface area contributed by atoms with E-state index >= 15 is 0 Å². The van der Waals surface area contributed by atoms with E-state index in [9.17, 15) is 14.9 Å². The number of halogens is 3. The average Bonchev–Trinajstić information content (AvgIpc) is 2.84. The van der Waals surface area contributed by atoms with Crippen LogP contribution >= 0.6 is 61.1 Å². The minimum atomic E-state index is -0.428. The quantitative estimate of drug-likeness (QED) is 0.0861. The molecule has 0 bridgehead atoms. The lowest BCUT2D eigenvalue weighted by Crippen LogP contribution is -2.22. The first-order chi connectivity index (χ1) is 17.3. The van der Waals surface area contributed by atoms with E-state index in [0.717, 1.165) is 29.2 Å². The Kier molecular flexibility index (Phi) is 8.72. The summed E-state index contributed by atoms with van der Waals surface area (Å²) in [5.41, 5.74) is 2.12. The fourth-order valence-electron chi connectivity index (χ4n) is 3.48. The SMILES string of the molecule is CCCc1nc2ccc(Br)cc2c(=O)n1N=Cc1cc(I)c(OCc2ccc([N+](=O)[O-])cc2)c(I)c1. The molecule has 0 fully saturated rings. The molecule has 0 spiro atoms. The molecule has 1 aromatic heterocycles. The van der Waals surface area contributed by atoms with Crippen molar-refractivity contribution in [1.82, 2.24) is 9.66 Å². The van der Waals surface area contributed by atoms with E-state index in [0.29, 0.717) is 28.9 Å². The second-order valence-corrected chi connectivity index (χ2v) is 11.1. The first-order valence-electron chi connectivity index (χ1n) is 10.9. The topological polar surface area (TPSA) is 99.6 Å². The molecule has 0 amide bonds. The summed E-state index contributed by atoms with van der Waals surface area (Å²) in [6, 6.07) is 15.6. The van der Waals surface area contributed by atoms with Gasteiger partial charge in [-0.15, -0.1) is 0 Å². The van der Waals surface area contributed by atoms with E-state index in [2.05, 4.69) is 71.2 Å². The first kappa shape index (κ1) is 26.7. The maximum Gasteiger partial charge on any atom is 0.282 e. The van der Waals surface area contributed by atoms with Gasteiger partial charge in [-0.1, -0.05) is 22.9 Å². The standard InChI is InChI=1S/C25H19BrI2N4O4/c1-2-3-23-30-22-9-6-17(26)12-19(22)25(33)31(23)29-13-16-10-20(27)24(21(28)11-16)36-14-15-4-7-18(8-5-15)32(34)35/h4-13H,2-3,14H2,1H3. The van der Waals surface area contributed by atoms with Crippen molar-refractivity contribution in [2.75, 3.05) is 0 Å². The van der Waals surface area contributed by atoms with Crippen molar-refractivity contribution < 1.29 is 9.66 Å². The third-order valence-corrected chi connectivity index (χ3v) is 7.32. The van der Waals surface area contributed by atoms with Gasteiger partial charge in [0.25, 0.3) is 11.2 Å². The van der Waals surface area contributed by atoms with Crippen LogP contribution in [-0.2, 0) is 13.0 Å². The van der Waals surface area contributed by atoms with Gasteiger partial charge in [-0.2, -0.15) is 9.78 Å². The number of rotatable bonds is 8. The third-order valence-electron chi connectivity index (χ3n) is 5.22. The van der Waals surface area contributed by atoms with Crippen molar-refractivity contribution in [3.63, 3.8) is 0 Å². The Morgan fingerprint density at radius 3 is 2.47 bits per heavy atom. The average molecular weight is 773 g/mol. The molecule has 4 rings (SSSR count). The smallest absolute Gasteiger partial charge is 0.282 e. The van der Waals surface area contributed by atoms with Gasteiger partial charge in [0.05, 0.1) is 29.2 Å². The molecule has 4 aromatic rings. The van der Waals surface area contributed by atoms with Crippen molar-refractivity contribution >= 4 is 83.9 Å². The number of benzene rings is 3. The van der Waals surface area contributed by atoms with Crippen LogP contribution in [0, 0.1) is 17.3 Å². The molecule has 0 unspecified atom stereocenters. The van der Waals surface area contributed by atoms with Gasteiger partial charge < -0.3 is 4.74 Å². The Hall–Kier alpha value is -2.39. The zero-order valence-corrected chi connectivity index (χ0v) is 24.9. The molecule has 1 heterocycles. The Balaban J connectivity index is 1.60. The summed E-state index contributed by atoms with van der Waals surface area (Å²) in [4.78, 5) is 28.3. The Morgan fingerprint density at radius 2 is 1.83 bits per heavy atom. The molecular weight excluding hydrogens is 754 g/mol. The second-order valence-electron chi connectivity index (χ2n) is 7.83. The number of non-ortho nitro benzene ring substituents is 1. The first-order valence-corrected chi connectivity index (χ1v) is 13.8. The summed E-state index contributed by atoms with van der Waals surface area (Å²) in [5, 5.41) is 15.8. The van der Waals surface area contributed by atoms with Crippen LogP contribution < -0.4 is 10.3 Å². The van der Waals surface area contributed by atoms with Crippen LogP contribution in [0.15, 0.2) is 69.0 Å². The summed E-state index contributed by atoms with van der Waals surface area (Å²) < 4.78 is 9.94. The molecule has 0 N–H and O–H groups in total. The highest BCUT2D eigenvalue weighted by molar-refractivity contribution is 14.1. The van der Waals surface area contributed by atoms with Crippen molar-refractivity contribution in [3.8, 4) is 5.75 Å². The highest BCUT2D eigenvalue weighted by Gasteiger charge is 2.12. The molecule has 0 atom stereocenters. The molecular formula is C25H19BrI2N4O4. The molecule has 0 aliphatic heterocycles. The molecule has 0 radical (unpaired) electrons. The number of nitrogens with zero attached hydrogens (tertiary/aromatic N) is 4. The number of nitro groups is 1. The number of hydrogen-bond acceptors (Lipinski definition) is 6. The van der Waals surface area contributed by atoms with Crippen LogP contribution in [-0.4, -0.2) is 20.8 Å². The Bertz CT molecular complexity index is 1520. The van der Waals surface area contributed by atoms with E-state index in [-0.39, 0.29) is 17.9 Å². The molecule has 0 saturated carbocycles. The lowest BCUT2D eigenvalue weighted by atomic mass is 10.2. The second kappa shape index (κ2) is 11.8.